The van der Waals surface area contributed by atoms with Gasteiger partial charge in [0.2, 0.25) is 0 Å². The highest BCUT2D eigenvalue weighted by Gasteiger charge is 2.30. The Balaban J connectivity index is 1.78. The van der Waals surface area contributed by atoms with E-state index in [1.54, 1.807) is 6.20 Å². The van der Waals surface area contributed by atoms with Crippen molar-refractivity contribution >= 4 is 34.6 Å². The summed E-state index contributed by atoms with van der Waals surface area (Å²) < 4.78 is 0. The molecule has 0 amide bonds. The average molecular weight is 338 g/mol. The second kappa shape index (κ2) is 5.69. The Hall–Kier alpha value is -2.79. The Kier molecular flexibility index (Phi) is 3.50. The molecule has 3 aromatic rings. The lowest BCUT2D eigenvalue weighted by molar-refractivity contribution is 0.893. The predicted molar refractivity (Wildman–Crippen MR) is 97.5 cm³/mol. The van der Waals surface area contributed by atoms with Crippen molar-refractivity contribution in [3.05, 3.63) is 70.9 Å². The van der Waals surface area contributed by atoms with Crippen LogP contribution in [0.3, 0.4) is 0 Å². The molecule has 2 N–H and O–H groups in total. The second-order valence-corrected chi connectivity index (χ2v) is 6.23. The normalized spacial score (nSPS) is 14.0. The molecule has 0 saturated carbocycles. The van der Waals surface area contributed by atoms with Gasteiger partial charge in [0.15, 0.2) is 0 Å². The molecule has 5 nitrogen and oxygen atoms in total. The van der Waals surface area contributed by atoms with Crippen LogP contribution in [0.2, 0.25) is 5.02 Å². The fourth-order valence-corrected chi connectivity index (χ4v) is 2.98. The smallest absolute Gasteiger partial charge is 0.141 e. The molecule has 0 spiro atoms. The van der Waals surface area contributed by atoms with E-state index in [9.17, 15) is 0 Å². The van der Waals surface area contributed by atoms with E-state index in [4.69, 9.17) is 17.0 Å². The van der Waals surface area contributed by atoms with Crippen LogP contribution in [0.5, 0.6) is 0 Å². The summed E-state index contributed by atoms with van der Waals surface area (Å²) in [5.74, 6) is 1.26. The van der Waals surface area contributed by atoms with Crippen LogP contribution in [0.25, 0.3) is 0 Å². The zero-order valence-corrected chi connectivity index (χ0v) is 13.9. The first-order chi connectivity index (χ1) is 11.6. The second-order valence-electron chi connectivity index (χ2n) is 5.79. The number of hydrogen-bond donors (Lipinski definition) is 2. The Morgan fingerprint density at radius 2 is 1.62 bits per heavy atom. The minimum Gasteiger partial charge on any atom is -0.308 e. The van der Waals surface area contributed by atoms with Crippen molar-refractivity contribution in [3.63, 3.8) is 0 Å². The molecule has 120 valence electrons. The summed E-state index contributed by atoms with van der Waals surface area (Å²) in [6.07, 6.45) is 1.70. The summed E-state index contributed by atoms with van der Waals surface area (Å²) in [6, 6.07) is 15.8. The fourth-order valence-electron chi connectivity index (χ4n) is 2.85. The first-order valence-corrected chi connectivity index (χ1v) is 8.01. The Bertz CT molecular complexity index is 883. The molecule has 2 heterocycles. The molecule has 4 rings (SSSR count). The van der Waals surface area contributed by atoms with Gasteiger partial charge < -0.3 is 9.80 Å². The van der Waals surface area contributed by atoms with Gasteiger partial charge in [-0.15, -0.1) is 0 Å². The fraction of sp³-hybridized carbons (Fsp3) is 0.111. The summed E-state index contributed by atoms with van der Waals surface area (Å²) in [5, 5.41) is 16.4. The van der Waals surface area contributed by atoms with Crippen molar-refractivity contribution < 1.29 is 0 Å². The molecule has 0 fully saturated rings. The first kappa shape index (κ1) is 14.8. The number of hydrogen-bond acceptors (Lipinski definition) is 3. The molecule has 1 aliphatic heterocycles. The van der Waals surface area contributed by atoms with E-state index in [-0.39, 0.29) is 0 Å². The number of aromatic nitrogens is 2. The zero-order valence-electron chi connectivity index (χ0n) is 13.1. The van der Waals surface area contributed by atoms with Gasteiger partial charge in [-0.3, -0.25) is 10.5 Å². The number of aromatic amines is 1. The molecule has 1 aliphatic rings. The lowest BCUT2D eigenvalue weighted by Gasteiger charge is -2.37. The Morgan fingerprint density at radius 1 is 1.00 bits per heavy atom. The monoisotopic (exact) mass is 337 g/mol. The van der Waals surface area contributed by atoms with E-state index in [0.717, 1.165) is 22.8 Å². The minimum atomic E-state index is 0.421. The van der Waals surface area contributed by atoms with Crippen LogP contribution in [0.1, 0.15) is 11.1 Å². The number of halogens is 1. The SMILES string of the molecule is Cc1ccc(N2CN(c3ccc(Cl)cc3)C(=N)c3cn[nH]c32)cc1. The van der Waals surface area contributed by atoms with Gasteiger partial charge in [-0.25, -0.2) is 0 Å². The lowest BCUT2D eigenvalue weighted by atomic mass is 10.1. The largest absolute Gasteiger partial charge is 0.308 e. The molecule has 0 unspecified atom stereocenters. The number of fused-ring (bicyclic) bond motifs is 1. The number of nitrogens with one attached hydrogen (secondary N) is 2. The van der Waals surface area contributed by atoms with E-state index >= 15 is 0 Å². The molecule has 0 atom stereocenters. The third kappa shape index (κ3) is 2.43. The number of amidine groups is 1. The van der Waals surface area contributed by atoms with Gasteiger partial charge in [-0.05, 0) is 43.3 Å². The third-order valence-corrected chi connectivity index (χ3v) is 4.43. The maximum Gasteiger partial charge on any atom is 0.141 e. The van der Waals surface area contributed by atoms with E-state index in [0.29, 0.717) is 17.5 Å². The Morgan fingerprint density at radius 3 is 2.33 bits per heavy atom. The van der Waals surface area contributed by atoms with Gasteiger partial charge in [0.1, 0.15) is 18.3 Å². The highest BCUT2D eigenvalue weighted by atomic mass is 35.5. The highest BCUT2D eigenvalue weighted by molar-refractivity contribution is 6.30. The first-order valence-electron chi connectivity index (χ1n) is 7.63. The van der Waals surface area contributed by atoms with Crippen LogP contribution in [0, 0.1) is 12.3 Å². The number of benzene rings is 2. The number of H-pyrrole nitrogens is 1. The molecule has 24 heavy (non-hydrogen) atoms. The van der Waals surface area contributed by atoms with Gasteiger partial charge in [-0.1, -0.05) is 29.3 Å². The number of rotatable bonds is 2. The van der Waals surface area contributed by atoms with Gasteiger partial charge in [0.05, 0.1) is 11.8 Å². The molecule has 2 aromatic carbocycles. The van der Waals surface area contributed by atoms with E-state index < -0.39 is 0 Å². The molecule has 0 saturated heterocycles. The van der Waals surface area contributed by atoms with Crippen molar-refractivity contribution in [2.75, 3.05) is 16.5 Å². The van der Waals surface area contributed by atoms with Crippen molar-refractivity contribution in [2.45, 2.75) is 6.92 Å². The molecular weight excluding hydrogens is 322 g/mol. The molecule has 0 bridgehead atoms. The van der Waals surface area contributed by atoms with Crippen LogP contribution in [-0.2, 0) is 0 Å². The predicted octanol–water partition coefficient (Wildman–Crippen LogP) is 4.31. The van der Waals surface area contributed by atoms with Gasteiger partial charge in [0.25, 0.3) is 0 Å². The maximum atomic E-state index is 8.53. The van der Waals surface area contributed by atoms with Crippen molar-refractivity contribution in [1.29, 1.82) is 5.41 Å². The summed E-state index contributed by atoms with van der Waals surface area (Å²) >= 11 is 5.99. The summed E-state index contributed by atoms with van der Waals surface area (Å²) in [5.41, 5.74) is 3.96. The summed E-state index contributed by atoms with van der Waals surface area (Å²) in [6.45, 7) is 2.59. The highest BCUT2D eigenvalue weighted by Crippen LogP contribution is 2.34. The molecule has 6 heteroatoms. The molecule has 0 aliphatic carbocycles. The van der Waals surface area contributed by atoms with Crippen molar-refractivity contribution in [3.8, 4) is 0 Å². The Labute approximate surface area is 145 Å². The van der Waals surface area contributed by atoms with Crippen LogP contribution in [-0.4, -0.2) is 22.7 Å². The van der Waals surface area contributed by atoms with Gasteiger partial charge in [-0.2, -0.15) is 5.10 Å². The maximum absolute atomic E-state index is 8.53. The van der Waals surface area contributed by atoms with Crippen LogP contribution < -0.4 is 9.80 Å². The number of anilines is 3. The van der Waals surface area contributed by atoms with Crippen LogP contribution in [0.4, 0.5) is 17.2 Å². The summed E-state index contributed by atoms with van der Waals surface area (Å²) in [4.78, 5) is 4.06. The van der Waals surface area contributed by atoms with E-state index in [1.807, 2.05) is 29.2 Å². The quantitative estimate of drug-likeness (QED) is 0.732. The van der Waals surface area contributed by atoms with Gasteiger partial charge in [0, 0.05) is 16.4 Å². The minimum absolute atomic E-state index is 0.421. The molecule has 1 aromatic heterocycles. The molecule has 0 radical (unpaired) electrons. The molecular formula is C18H16ClN5. The van der Waals surface area contributed by atoms with Crippen molar-refractivity contribution in [1.82, 2.24) is 10.2 Å². The third-order valence-electron chi connectivity index (χ3n) is 4.18. The van der Waals surface area contributed by atoms with Crippen molar-refractivity contribution in [2.24, 2.45) is 0 Å². The zero-order chi connectivity index (χ0) is 16.7. The van der Waals surface area contributed by atoms with Crippen LogP contribution >= 0.6 is 11.6 Å². The average Bonchev–Trinajstić information content (AvgIpc) is 3.08. The number of nitrogens with zero attached hydrogens (tertiary/aromatic N) is 3. The van der Waals surface area contributed by atoms with Gasteiger partial charge >= 0.3 is 0 Å². The summed E-state index contributed by atoms with van der Waals surface area (Å²) in [7, 11) is 0. The van der Waals surface area contributed by atoms with E-state index in [2.05, 4.69) is 46.3 Å². The standard InChI is InChI=1S/C18H16ClN5/c1-12-2-6-15(7-3-12)24-11-23(14-8-4-13(19)5-9-14)17(20)16-10-21-22-18(16)24/h2-10,20H,11H2,1H3,(H,21,22). The van der Waals surface area contributed by atoms with E-state index in [1.165, 1.54) is 5.56 Å². The van der Waals surface area contributed by atoms with Crippen LogP contribution in [0.15, 0.2) is 54.7 Å². The lowest BCUT2D eigenvalue weighted by Crippen LogP contribution is -2.44. The topological polar surface area (TPSA) is 59.0 Å². The number of aryl methyl sites for hydroxylation is 1.